The van der Waals surface area contributed by atoms with Gasteiger partial charge in [-0.1, -0.05) is 15.9 Å². The van der Waals surface area contributed by atoms with Gasteiger partial charge in [-0.15, -0.1) is 0 Å². The summed E-state index contributed by atoms with van der Waals surface area (Å²) in [7, 11) is 0. The number of hydrogen-bond donors (Lipinski definition) is 1. The lowest BCUT2D eigenvalue weighted by Crippen LogP contribution is -2.15. The Morgan fingerprint density at radius 2 is 2.06 bits per heavy atom. The van der Waals surface area contributed by atoms with Crippen molar-refractivity contribution in [3.63, 3.8) is 0 Å². The van der Waals surface area contributed by atoms with Crippen molar-refractivity contribution in [1.29, 1.82) is 0 Å². The van der Waals surface area contributed by atoms with Gasteiger partial charge in [0.05, 0.1) is 23.6 Å². The fourth-order valence-corrected chi connectivity index (χ4v) is 1.58. The summed E-state index contributed by atoms with van der Waals surface area (Å²) in [6.07, 6.45) is 1.22. The van der Waals surface area contributed by atoms with Crippen LogP contribution >= 0.6 is 15.9 Å². The molecule has 0 atom stereocenters. The molecule has 0 unspecified atom stereocenters. The van der Waals surface area contributed by atoms with Crippen LogP contribution in [0.3, 0.4) is 0 Å². The Morgan fingerprint density at radius 1 is 1.44 bits per heavy atom. The fraction of sp³-hybridized carbons (Fsp3) is 0.231. The van der Waals surface area contributed by atoms with E-state index in [9.17, 15) is 4.79 Å². The maximum Gasteiger partial charge on any atom is 0.341 e. The first kappa shape index (κ1) is 14.4. The topological polar surface area (TPSA) is 64.7 Å². The van der Waals surface area contributed by atoms with Crippen molar-refractivity contribution in [2.45, 2.75) is 13.8 Å². The van der Waals surface area contributed by atoms with E-state index in [1.807, 2.05) is 24.3 Å². The Morgan fingerprint density at radius 3 is 2.56 bits per heavy atom. The molecule has 0 spiro atoms. The van der Waals surface area contributed by atoms with Crippen LogP contribution in [0.15, 0.2) is 45.5 Å². The molecule has 0 fully saturated rings. The first-order valence-corrected chi connectivity index (χ1v) is 6.28. The first-order valence-electron chi connectivity index (χ1n) is 5.48. The van der Waals surface area contributed by atoms with Crippen LogP contribution < -0.4 is 5.73 Å². The molecule has 0 bridgehead atoms. The zero-order valence-corrected chi connectivity index (χ0v) is 11.9. The number of ether oxygens (including phenoxy) is 1. The molecular weight excluding hydrogens is 296 g/mol. The Hall–Kier alpha value is -1.62. The predicted molar refractivity (Wildman–Crippen MR) is 75.8 cm³/mol. The molecule has 0 saturated heterocycles. The largest absolute Gasteiger partial charge is 0.462 e. The van der Waals surface area contributed by atoms with Gasteiger partial charge in [0.2, 0.25) is 0 Å². The first-order chi connectivity index (χ1) is 8.58. The molecule has 96 valence electrons. The van der Waals surface area contributed by atoms with E-state index < -0.39 is 5.97 Å². The zero-order chi connectivity index (χ0) is 13.5. The van der Waals surface area contributed by atoms with E-state index in [1.54, 1.807) is 13.8 Å². The molecule has 0 aliphatic carbocycles. The van der Waals surface area contributed by atoms with Crippen LogP contribution in [0.25, 0.3) is 0 Å². The molecule has 0 amide bonds. The molecule has 4 nitrogen and oxygen atoms in total. The second-order valence-electron chi connectivity index (χ2n) is 3.47. The molecule has 2 N–H and O–H groups in total. The number of benzene rings is 1. The van der Waals surface area contributed by atoms with E-state index in [0.29, 0.717) is 12.3 Å². The van der Waals surface area contributed by atoms with Crippen molar-refractivity contribution in [3.05, 3.63) is 40.5 Å². The molecular formula is C13H15BrN2O2. The summed E-state index contributed by atoms with van der Waals surface area (Å²) in [6.45, 7) is 3.77. The summed E-state index contributed by atoms with van der Waals surface area (Å²) in [5.41, 5.74) is 6.98. The van der Waals surface area contributed by atoms with Crippen LogP contribution in [0, 0.1) is 0 Å². The summed E-state index contributed by atoms with van der Waals surface area (Å²) in [5, 5.41) is 0. The van der Waals surface area contributed by atoms with Gasteiger partial charge in [0.15, 0.2) is 0 Å². The molecule has 1 aromatic rings. The highest BCUT2D eigenvalue weighted by Gasteiger charge is 2.13. The Kier molecular flexibility index (Phi) is 5.58. The van der Waals surface area contributed by atoms with Crippen molar-refractivity contribution in [1.82, 2.24) is 0 Å². The number of nitrogens with two attached hydrogens (primary N) is 1. The summed E-state index contributed by atoms with van der Waals surface area (Å²) in [5.74, 6) is -0.460. The van der Waals surface area contributed by atoms with Gasteiger partial charge in [0.25, 0.3) is 0 Å². The maximum absolute atomic E-state index is 11.6. The van der Waals surface area contributed by atoms with Crippen molar-refractivity contribution in [3.8, 4) is 0 Å². The molecule has 1 rings (SSSR count). The number of rotatable bonds is 4. The van der Waals surface area contributed by atoms with Gasteiger partial charge in [0.1, 0.15) is 0 Å². The van der Waals surface area contributed by atoms with Crippen LogP contribution in [-0.2, 0) is 9.53 Å². The number of halogens is 1. The minimum atomic E-state index is -0.460. The highest BCUT2D eigenvalue weighted by molar-refractivity contribution is 9.10. The van der Waals surface area contributed by atoms with Crippen LogP contribution in [0.1, 0.15) is 13.8 Å². The summed E-state index contributed by atoms with van der Waals surface area (Å²) >= 11 is 3.34. The van der Waals surface area contributed by atoms with Gasteiger partial charge in [-0.3, -0.25) is 4.99 Å². The molecule has 0 saturated carbocycles. The molecule has 0 aliphatic heterocycles. The van der Waals surface area contributed by atoms with Gasteiger partial charge in [-0.25, -0.2) is 4.79 Å². The summed E-state index contributed by atoms with van der Waals surface area (Å²) in [4.78, 5) is 15.9. The number of carbonyl (C=O) groups is 1. The second kappa shape index (κ2) is 6.96. The summed E-state index contributed by atoms with van der Waals surface area (Å²) < 4.78 is 5.87. The average Bonchev–Trinajstić information content (AvgIpc) is 2.33. The van der Waals surface area contributed by atoms with Crippen molar-refractivity contribution >= 4 is 33.3 Å². The average molecular weight is 311 g/mol. The molecule has 18 heavy (non-hydrogen) atoms. The lowest BCUT2D eigenvalue weighted by molar-refractivity contribution is -0.137. The Bertz CT molecular complexity index is 478. The number of esters is 1. The van der Waals surface area contributed by atoms with Crippen molar-refractivity contribution in [2.75, 3.05) is 6.61 Å². The van der Waals surface area contributed by atoms with Crippen LogP contribution in [-0.4, -0.2) is 18.3 Å². The lowest BCUT2D eigenvalue weighted by Gasteiger charge is -2.05. The zero-order valence-electron chi connectivity index (χ0n) is 10.3. The van der Waals surface area contributed by atoms with E-state index in [0.717, 1.165) is 10.2 Å². The number of aliphatic imine (C=N–C) groups is 1. The minimum absolute atomic E-state index is 0.278. The monoisotopic (exact) mass is 310 g/mol. The van der Waals surface area contributed by atoms with Gasteiger partial charge >= 0.3 is 5.97 Å². The van der Waals surface area contributed by atoms with Crippen LogP contribution in [0.5, 0.6) is 0 Å². The predicted octanol–water partition coefficient (Wildman–Crippen LogP) is 2.95. The van der Waals surface area contributed by atoms with E-state index in [2.05, 4.69) is 20.9 Å². The number of carbonyl (C=O) groups excluding carboxylic acids is 1. The van der Waals surface area contributed by atoms with Gasteiger partial charge in [-0.2, -0.15) is 0 Å². The quantitative estimate of drug-likeness (QED) is 0.528. The van der Waals surface area contributed by atoms with Crippen LogP contribution in [0.4, 0.5) is 5.69 Å². The molecule has 0 heterocycles. The van der Waals surface area contributed by atoms with Crippen molar-refractivity contribution in [2.24, 2.45) is 10.7 Å². The SMILES string of the molecule is CCOC(=O)/C(=C/N)C(C)=Nc1ccc(Br)cc1. The van der Waals surface area contributed by atoms with E-state index in [-0.39, 0.29) is 5.57 Å². The van der Waals surface area contributed by atoms with Gasteiger partial charge in [-0.05, 0) is 38.1 Å². The highest BCUT2D eigenvalue weighted by atomic mass is 79.9. The second-order valence-corrected chi connectivity index (χ2v) is 4.39. The third-order valence-electron chi connectivity index (χ3n) is 2.18. The lowest BCUT2D eigenvalue weighted by atomic mass is 10.2. The third kappa shape index (κ3) is 4.00. The van der Waals surface area contributed by atoms with Gasteiger partial charge < -0.3 is 10.5 Å². The molecule has 0 radical (unpaired) electrons. The normalized spacial score (nSPS) is 12.4. The standard InChI is InChI=1S/C13H15BrN2O2/c1-3-18-13(17)12(8-15)9(2)16-11-6-4-10(14)5-7-11/h4-8H,3,15H2,1-2H3/b12-8+,16-9?. The van der Waals surface area contributed by atoms with E-state index in [4.69, 9.17) is 10.5 Å². The van der Waals surface area contributed by atoms with Crippen molar-refractivity contribution < 1.29 is 9.53 Å². The molecule has 5 heteroatoms. The van der Waals surface area contributed by atoms with Crippen LogP contribution in [0.2, 0.25) is 0 Å². The fourth-order valence-electron chi connectivity index (χ4n) is 1.31. The summed E-state index contributed by atoms with van der Waals surface area (Å²) in [6, 6.07) is 7.43. The number of nitrogens with zero attached hydrogens (tertiary/aromatic N) is 1. The maximum atomic E-state index is 11.6. The Labute approximate surface area is 115 Å². The van der Waals surface area contributed by atoms with E-state index >= 15 is 0 Å². The molecule has 0 aromatic heterocycles. The number of hydrogen-bond acceptors (Lipinski definition) is 4. The molecule has 1 aromatic carbocycles. The third-order valence-corrected chi connectivity index (χ3v) is 2.70. The highest BCUT2D eigenvalue weighted by Crippen LogP contribution is 2.18. The minimum Gasteiger partial charge on any atom is -0.462 e. The Balaban J connectivity index is 2.94. The van der Waals surface area contributed by atoms with Gasteiger partial charge in [0, 0.05) is 10.7 Å². The molecule has 0 aliphatic rings. The smallest absolute Gasteiger partial charge is 0.341 e. The van der Waals surface area contributed by atoms with E-state index in [1.165, 1.54) is 6.20 Å².